The van der Waals surface area contributed by atoms with Gasteiger partial charge in [0.15, 0.2) is 11.5 Å². The van der Waals surface area contributed by atoms with Crippen LogP contribution < -0.4 is 25.8 Å². The van der Waals surface area contributed by atoms with E-state index in [0.29, 0.717) is 29.2 Å². The van der Waals surface area contributed by atoms with Crippen molar-refractivity contribution in [3.63, 3.8) is 0 Å². The highest BCUT2D eigenvalue weighted by Gasteiger charge is 2.70. The Bertz CT molecular complexity index is 1360. The average molecular weight is 521 g/mol. The van der Waals surface area contributed by atoms with Crippen molar-refractivity contribution in [1.29, 1.82) is 0 Å². The number of nitrogens with zero attached hydrogens (tertiary/aromatic N) is 1. The van der Waals surface area contributed by atoms with E-state index in [1.54, 1.807) is 20.3 Å². The van der Waals surface area contributed by atoms with Crippen molar-refractivity contribution < 1.29 is 28.7 Å². The van der Waals surface area contributed by atoms with Gasteiger partial charge < -0.3 is 20.5 Å². The first-order valence-corrected chi connectivity index (χ1v) is 12.7. The fourth-order valence-electron chi connectivity index (χ4n) is 6.36. The fraction of sp³-hybridized carbons (Fsp3) is 0.429. The number of carbonyl (C=O) groups excluding carboxylic acids is 4. The molecule has 2 aromatic rings. The molecule has 0 unspecified atom stereocenters. The Kier molecular flexibility index (Phi) is 6.38. The maximum absolute atomic E-state index is 14.0. The molecular weight excluding hydrogens is 488 g/mol. The summed E-state index contributed by atoms with van der Waals surface area (Å²) in [4.78, 5) is 54.2. The van der Waals surface area contributed by atoms with E-state index in [9.17, 15) is 19.2 Å². The monoisotopic (exact) mass is 520 g/mol. The number of likely N-dealkylation sites (tertiary alicyclic amines) is 1. The number of ether oxygens (including phenoxy) is 2. The molecule has 38 heavy (non-hydrogen) atoms. The zero-order valence-electron chi connectivity index (χ0n) is 21.9. The Hall–Kier alpha value is -3.92. The largest absolute Gasteiger partial charge is 0.493 e. The summed E-state index contributed by atoms with van der Waals surface area (Å²) in [5.41, 5.74) is 8.03. The molecule has 2 aromatic carbocycles. The van der Waals surface area contributed by atoms with Gasteiger partial charge in [0.25, 0.3) is 0 Å². The van der Waals surface area contributed by atoms with Gasteiger partial charge in [0.1, 0.15) is 5.54 Å². The third-order valence-electron chi connectivity index (χ3n) is 8.03. The Balaban J connectivity index is 1.50. The van der Waals surface area contributed by atoms with Gasteiger partial charge in [-0.15, -0.1) is 0 Å². The molecule has 0 radical (unpaired) electrons. The molecule has 10 nitrogen and oxygen atoms in total. The second-order valence-corrected chi connectivity index (χ2v) is 10.3. The van der Waals surface area contributed by atoms with Crippen LogP contribution in [0.25, 0.3) is 0 Å². The number of nitrogens with one attached hydrogen (secondary N) is 2. The Morgan fingerprint density at radius 3 is 2.47 bits per heavy atom. The van der Waals surface area contributed by atoms with Crippen LogP contribution in [0.2, 0.25) is 0 Å². The molecule has 4 atom stereocenters. The lowest BCUT2D eigenvalue weighted by atomic mass is 9.75. The molecule has 3 aliphatic heterocycles. The minimum Gasteiger partial charge on any atom is -0.493 e. The van der Waals surface area contributed by atoms with E-state index >= 15 is 0 Å². The van der Waals surface area contributed by atoms with Gasteiger partial charge in [-0.25, -0.2) is 0 Å². The first-order valence-electron chi connectivity index (χ1n) is 12.7. The number of aryl methyl sites for hydroxylation is 2. The van der Waals surface area contributed by atoms with E-state index < -0.39 is 35.2 Å². The number of fused-ring (bicyclic) bond motifs is 4. The number of anilines is 1. The van der Waals surface area contributed by atoms with E-state index in [1.807, 2.05) is 38.1 Å². The first kappa shape index (κ1) is 25.7. The van der Waals surface area contributed by atoms with Crippen LogP contribution in [-0.2, 0) is 31.1 Å². The number of primary amides is 1. The molecule has 4 N–H and O–H groups in total. The molecule has 10 heteroatoms. The fourth-order valence-corrected chi connectivity index (χ4v) is 6.36. The molecule has 0 saturated carbocycles. The highest BCUT2D eigenvalue weighted by atomic mass is 16.5. The van der Waals surface area contributed by atoms with Crippen LogP contribution in [0.4, 0.5) is 5.69 Å². The molecule has 200 valence electrons. The summed E-state index contributed by atoms with van der Waals surface area (Å²) in [6, 6.07) is 8.75. The molecule has 2 fully saturated rings. The predicted molar refractivity (Wildman–Crippen MR) is 139 cm³/mol. The highest BCUT2D eigenvalue weighted by Crippen LogP contribution is 2.54. The number of benzene rings is 2. The number of imide groups is 1. The van der Waals surface area contributed by atoms with Crippen molar-refractivity contribution in [3.8, 4) is 11.5 Å². The number of hydrogen-bond acceptors (Lipinski definition) is 7. The zero-order chi connectivity index (χ0) is 27.4. The maximum atomic E-state index is 14.0. The van der Waals surface area contributed by atoms with Gasteiger partial charge in [0, 0.05) is 30.3 Å². The van der Waals surface area contributed by atoms with Gasteiger partial charge in [-0.1, -0.05) is 23.8 Å². The van der Waals surface area contributed by atoms with Crippen LogP contribution in [0.1, 0.15) is 35.1 Å². The number of nitrogens with two attached hydrogens (primary N) is 1. The molecule has 2 saturated heterocycles. The summed E-state index contributed by atoms with van der Waals surface area (Å²) in [6.45, 7) is 3.98. The quantitative estimate of drug-likeness (QED) is 0.449. The number of amides is 4. The van der Waals surface area contributed by atoms with Crippen LogP contribution in [0.3, 0.4) is 0 Å². The standard InChI is InChI=1S/C28H32N4O6/c1-14-11-15(2)24-17(12-14)28(27(36)30-24)23-22(18(31-28)6-8-21(29)33)25(34)32(26(23)35)10-9-16-5-7-19(37-3)20(13-16)38-4/h5,7,11-13,18,22-23,31H,6,8-10H2,1-4H3,(H2,29,33)(H,30,36)/t18-,22+,23-,28+/m0/s1. The molecule has 3 heterocycles. The lowest BCUT2D eigenvalue weighted by Gasteiger charge is -2.30. The highest BCUT2D eigenvalue weighted by molar-refractivity contribution is 6.15. The summed E-state index contributed by atoms with van der Waals surface area (Å²) in [5.74, 6) is -2.18. The summed E-state index contributed by atoms with van der Waals surface area (Å²) in [5, 5.41) is 6.30. The number of methoxy groups -OCH3 is 2. The summed E-state index contributed by atoms with van der Waals surface area (Å²) >= 11 is 0. The van der Waals surface area contributed by atoms with E-state index in [1.165, 1.54) is 4.90 Å². The summed E-state index contributed by atoms with van der Waals surface area (Å²) in [7, 11) is 3.10. The second kappa shape index (κ2) is 9.43. The maximum Gasteiger partial charge on any atom is 0.250 e. The predicted octanol–water partition coefficient (Wildman–Crippen LogP) is 1.55. The van der Waals surface area contributed by atoms with Crippen molar-refractivity contribution in [2.24, 2.45) is 17.6 Å². The molecule has 5 rings (SSSR count). The van der Waals surface area contributed by atoms with Crippen LogP contribution in [0, 0.1) is 25.7 Å². The van der Waals surface area contributed by atoms with Crippen LogP contribution in [0.15, 0.2) is 30.3 Å². The molecule has 0 bridgehead atoms. The van der Waals surface area contributed by atoms with Crippen molar-refractivity contribution in [2.45, 2.75) is 44.7 Å². The SMILES string of the molecule is COc1ccc(CCN2C(=O)[C@@H]3[C@H](CCC(N)=O)N[C@@]4(C(=O)Nc5c(C)cc(C)cc54)[C@@H]3C2=O)cc1OC. The minimum atomic E-state index is -1.40. The van der Waals surface area contributed by atoms with Gasteiger partial charge in [-0.2, -0.15) is 0 Å². The van der Waals surface area contributed by atoms with E-state index in [4.69, 9.17) is 15.2 Å². The van der Waals surface area contributed by atoms with Gasteiger partial charge in [0.05, 0.1) is 26.1 Å². The molecule has 0 aliphatic carbocycles. The summed E-state index contributed by atoms with van der Waals surface area (Å²) in [6.07, 6.45) is 0.685. The van der Waals surface area contributed by atoms with Crippen molar-refractivity contribution in [1.82, 2.24) is 10.2 Å². The third-order valence-corrected chi connectivity index (χ3v) is 8.03. The first-order chi connectivity index (χ1) is 18.1. The van der Waals surface area contributed by atoms with Crippen molar-refractivity contribution in [3.05, 3.63) is 52.6 Å². The second-order valence-electron chi connectivity index (χ2n) is 10.3. The van der Waals surface area contributed by atoms with Crippen molar-refractivity contribution >= 4 is 29.3 Å². The lowest BCUT2D eigenvalue weighted by molar-refractivity contribution is -0.142. The Morgan fingerprint density at radius 1 is 1.05 bits per heavy atom. The molecule has 3 aliphatic rings. The molecular formula is C28H32N4O6. The third kappa shape index (κ3) is 3.82. The normalized spacial score (nSPS) is 25.5. The minimum absolute atomic E-state index is 0.0331. The molecule has 4 amide bonds. The van der Waals surface area contributed by atoms with E-state index in [0.717, 1.165) is 16.7 Å². The van der Waals surface area contributed by atoms with Crippen molar-refractivity contribution in [2.75, 3.05) is 26.1 Å². The van der Waals surface area contributed by atoms with E-state index in [2.05, 4.69) is 10.6 Å². The van der Waals surface area contributed by atoms with Crippen LogP contribution in [-0.4, -0.2) is 55.3 Å². The van der Waals surface area contributed by atoms with Gasteiger partial charge in [0.2, 0.25) is 23.6 Å². The zero-order valence-corrected chi connectivity index (χ0v) is 21.9. The number of rotatable bonds is 8. The molecule has 0 aromatic heterocycles. The van der Waals surface area contributed by atoms with Gasteiger partial charge in [-0.05, 0) is 49.9 Å². The van der Waals surface area contributed by atoms with Gasteiger partial charge >= 0.3 is 0 Å². The molecule has 1 spiro atoms. The van der Waals surface area contributed by atoms with Crippen LogP contribution in [0.5, 0.6) is 11.5 Å². The average Bonchev–Trinajstić information content (AvgIpc) is 3.46. The Morgan fingerprint density at radius 2 is 1.79 bits per heavy atom. The lowest BCUT2D eigenvalue weighted by Crippen LogP contribution is -2.53. The topological polar surface area (TPSA) is 140 Å². The smallest absolute Gasteiger partial charge is 0.250 e. The van der Waals surface area contributed by atoms with E-state index in [-0.39, 0.29) is 31.2 Å². The number of carbonyl (C=O) groups is 4. The van der Waals surface area contributed by atoms with Gasteiger partial charge in [-0.3, -0.25) is 29.4 Å². The Labute approximate surface area is 220 Å². The summed E-state index contributed by atoms with van der Waals surface area (Å²) < 4.78 is 10.7. The number of hydrogen-bond donors (Lipinski definition) is 3. The van der Waals surface area contributed by atoms with Crippen LogP contribution >= 0.6 is 0 Å².